The zero-order chi connectivity index (χ0) is 15.1. The largest absolute Gasteiger partial charge is 0.496 e. The van der Waals surface area contributed by atoms with Gasteiger partial charge in [0.25, 0.3) is 0 Å². The summed E-state index contributed by atoms with van der Waals surface area (Å²) in [6.45, 7) is 0.540. The molecular weight excluding hydrogens is 264 g/mol. The van der Waals surface area contributed by atoms with Gasteiger partial charge in [-0.3, -0.25) is 4.79 Å². The van der Waals surface area contributed by atoms with Crippen LogP contribution in [0.1, 0.15) is 17.5 Å². The molecule has 0 saturated heterocycles. The lowest BCUT2D eigenvalue weighted by Crippen LogP contribution is -2.16. The van der Waals surface area contributed by atoms with Gasteiger partial charge >= 0.3 is 0 Å². The summed E-state index contributed by atoms with van der Waals surface area (Å²) in [5.74, 6) is 0.578. The minimum atomic E-state index is -0.301. The van der Waals surface area contributed by atoms with Crippen LogP contribution in [0.3, 0.4) is 0 Å². The second kappa shape index (κ2) is 7.33. The Morgan fingerprint density at radius 3 is 2.48 bits per heavy atom. The molecule has 0 bridgehead atoms. The molecule has 3 N–H and O–H groups in total. The lowest BCUT2D eigenvalue weighted by molar-refractivity contribution is -0.117. The molecule has 110 valence electrons. The van der Waals surface area contributed by atoms with Crippen molar-refractivity contribution in [3.8, 4) is 5.75 Å². The summed E-state index contributed by atoms with van der Waals surface area (Å²) in [6.07, 6.45) is 1.09. The van der Waals surface area contributed by atoms with Crippen molar-refractivity contribution >= 4 is 11.6 Å². The number of nitrogens with two attached hydrogens (primary N) is 1. The number of ether oxygens (including phenoxy) is 1. The number of rotatable bonds is 7. The molecule has 0 aliphatic heterocycles. The van der Waals surface area contributed by atoms with E-state index in [0.717, 1.165) is 29.0 Å². The van der Waals surface area contributed by atoms with Gasteiger partial charge in [0.15, 0.2) is 0 Å². The van der Waals surface area contributed by atoms with E-state index in [9.17, 15) is 4.79 Å². The third-order valence-electron chi connectivity index (χ3n) is 3.28. The molecule has 0 fully saturated rings. The Balaban J connectivity index is 2.14. The lowest BCUT2D eigenvalue weighted by atomic mass is 10.0. The molecule has 2 aromatic carbocycles. The maximum Gasteiger partial charge on any atom is 0.219 e. The topological polar surface area (TPSA) is 64.3 Å². The molecule has 0 aliphatic rings. The van der Waals surface area contributed by atoms with Crippen LogP contribution < -0.4 is 15.8 Å². The Morgan fingerprint density at radius 1 is 1.10 bits per heavy atom. The first-order valence-corrected chi connectivity index (χ1v) is 6.92. The van der Waals surface area contributed by atoms with Crippen molar-refractivity contribution in [1.82, 2.24) is 0 Å². The summed E-state index contributed by atoms with van der Waals surface area (Å²) in [6, 6.07) is 16.0. The standard InChI is InChI=1S/C17H20N2O2/c1-21-16-9-5-3-7-14(16)12-13-6-2-4-8-15(13)19-11-10-17(18)20/h2-9,19H,10-12H2,1H3,(H2,18,20). The number of primary amides is 1. The zero-order valence-corrected chi connectivity index (χ0v) is 12.1. The lowest BCUT2D eigenvalue weighted by Gasteiger charge is -2.13. The number of methoxy groups -OCH3 is 1. The maximum atomic E-state index is 10.8. The molecule has 4 nitrogen and oxygen atoms in total. The summed E-state index contributed by atoms with van der Waals surface area (Å²) >= 11 is 0. The van der Waals surface area contributed by atoms with Crippen LogP contribution in [0.2, 0.25) is 0 Å². The van der Waals surface area contributed by atoms with Gasteiger partial charge in [0.1, 0.15) is 5.75 Å². The van der Waals surface area contributed by atoms with Crippen molar-refractivity contribution in [2.45, 2.75) is 12.8 Å². The highest BCUT2D eigenvalue weighted by Crippen LogP contribution is 2.24. The van der Waals surface area contributed by atoms with Crippen LogP contribution in [0.25, 0.3) is 0 Å². The highest BCUT2D eigenvalue weighted by molar-refractivity contribution is 5.74. The molecule has 0 aliphatic carbocycles. The zero-order valence-electron chi connectivity index (χ0n) is 12.1. The Kier molecular flexibility index (Phi) is 5.21. The Morgan fingerprint density at radius 2 is 1.76 bits per heavy atom. The molecule has 0 heterocycles. The number of anilines is 1. The van der Waals surface area contributed by atoms with Gasteiger partial charge < -0.3 is 15.8 Å². The first-order valence-electron chi connectivity index (χ1n) is 6.92. The third kappa shape index (κ3) is 4.24. The fourth-order valence-electron chi connectivity index (χ4n) is 2.22. The molecule has 0 spiro atoms. The summed E-state index contributed by atoms with van der Waals surface area (Å²) in [5.41, 5.74) is 8.47. The van der Waals surface area contributed by atoms with Crippen molar-refractivity contribution in [3.05, 3.63) is 59.7 Å². The van der Waals surface area contributed by atoms with E-state index in [1.807, 2.05) is 36.4 Å². The van der Waals surface area contributed by atoms with Crippen LogP contribution in [0.15, 0.2) is 48.5 Å². The number of hydrogen-bond acceptors (Lipinski definition) is 3. The minimum Gasteiger partial charge on any atom is -0.496 e. The van der Waals surface area contributed by atoms with Gasteiger partial charge in [0, 0.05) is 25.1 Å². The molecule has 1 amide bonds. The van der Waals surface area contributed by atoms with Crippen molar-refractivity contribution in [3.63, 3.8) is 0 Å². The average Bonchev–Trinajstić information content (AvgIpc) is 2.49. The van der Waals surface area contributed by atoms with Gasteiger partial charge in [-0.05, 0) is 23.3 Å². The van der Waals surface area contributed by atoms with Crippen LogP contribution >= 0.6 is 0 Å². The van der Waals surface area contributed by atoms with Crippen molar-refractivity contribution in [2.75, 3.05) is 19.0 Å². The maximum absolute atomic E-state index is 10.8. The number of nitrogens with one attached hydrogen (secondary N) is 1. The second-order valence-electron chi connectivity index (χ2n) is 4.79. The van der Waals surface area contributed by atoms with E-state index >= 15 is 0 Å². The van der Waals surface area contributed by atoms with Gasteiger partial charge in [0.05, 0.1) is 7.11 Å². The Bertz CT molecular complexity index is 611. The third-order valence-corrected chi connectivity index (χ3v) is 3.28. The number of benzene rings is 2. The summed E-state index contributed by atoms with van der Waals surface area (Å²) in [5, 5.41) is 3.26. The quantitative estimate of drug-likeness (QED) is 0.821. The van der Waals surface area contributed by atoms with E-state index in [2.05, 4.69) is 17.4 Å². The number of para-hydroxylation sites is 2. The van der Waals surface area contributed by atoms with Crippen molar-refractivity contribution in [2.24, 2.45) is 5.73 Å². The molecule has 0 unspecified atom stereocenters. The van der Waals surface area contributed by atoms with Gasteiger partial charge in [-0.2, -0.15) is 0 Å². The molecule has 0 saturated carbocycles. The van der Waals surface area contributed by atoms with Crippen molar-refractivity contribution in [1.29, 1.82) is 0 Å². The fraction of sp³-hybridized carbons (Fsp3) is 0.235. The molecule has 0 atom stereocenters. The molecule has 0 radical (unpaired) electrons. The van der Waals surface area contributed by atoms with Crippen LogP contribution in [-0.4, -0.2) is 19.6 Å². The normalized spacial score (nSPS) is 10.1. The van der Waals surface area contributed by atoms with Gasteiger partial charge in [-0.25, -0.2) is 0 Å². The van der Waals surface area contributed by atoms with Gasteiger partial charge in [-0.1, -0.05) is 36.4 Å². The van der Waals surface area contributed by atoms with E-state index in [4.69, 9.17) is 10.5 Å². The number of hydrogen-bond donors (Lipinski definition) is 2. The smallest absolute Gasteiger partial charge is 0.219 e. The average molecular weight is 284 g/mol. The van der Waals surface area contributed by atoms with Crippen LogP contribution in [0, 0.1) is 0 Å². The highest BCUT2D eigenvalue weighted by Gasteiger charge is 2.07. The fourth-order valence-corrected chi connectivity index (χ4v) is 2.22. The highest BCUT2D eigenvalue weighted by atomic mass is 16.5. The molecule has 2 aromatic rings. The number of carbonyl (C=O) groups is 1. The Hall–Kier alpha value is -2.49. The minimum absolute atomic E-state index is 0.301. The summed E-state index contributed by atoms with van der Waals surface area (Å²) in [4.78, 5) is 10.8. The van der Waals surface area contributed by atoms with Crippen molar-refractivity contribution < 1.29 is 9.53 Å². The molecule has 21 heavy (non-hydrogen) atoms. The molecule has 0 aromatic heterocycles. The van der Waals surface area contributed by atoms with Crippen LogP contribution in [0.4, 0.5) is 5.69 Å². The first kappa shape index (κ1) is 14.9. The van der Waals surface area contributed by atoms with E-state index in [0.29, 0.717) is 13.0 Å². The SMILES string of the molecule is COc1ccccc1Cc1ccccc1NCCC(N)=O. The van der Waals surface area contributed by atoms with E-state index in [-0.39, 0.29) is 5.91 Å². The monoisotopic (exact) mass is 284 g/mol. The van der Waals surface area contributed by atoms with Gasteiger partial charge in [0.2, 0.25) is 5.91 Å². The second-order valence-corrected chi connectivity index (χ2v) is 4.79. The van der Waals surface area contributed by atoms with E-state index < -0.39 is 0 Å². The number of amides is 1. The Labute approximate surface area is 124 Å². The molecule has 4 heteroatoms. The van der Waals surface area contributed by atoms with Gasteiger partial charge in [-0.15, -0.1) is 0 Å². The number of carbonyl (C=O) groups excluding carboxylic acids is 1. The predicted octanol–water partition coefficient (Wildman–Crippen LogP) is 2.57. The molecule has 2 rings (SSSR count). The first-order chi connectivity index (χ1) is 10.2. The van der Waals surface area contributed by atoms with E-state index in [1.165, 1.54) is 0 Å². The van der Waals surface area contributed by atoms with Crippen LogP contribution in [-0.2, 0) is 11.2 Å². The summed E-state index contributed by atoms with van der Waals surface area (Å²) in [7, 11) is 1.68. The van der Waals surface area contributed by atoms with E-state index in [1.54, 1.807) is 7.11 Å². The van der Waals surface area contributed by atoms with Crippen LogP contribution in [0.5, 0.6) is 5.75 Å². The molecular formula is C17H20N2O2. The summed E-state index contributed by atoms with van der Waals surface area (Å²) < 4.78 is 5.39. The predicted molar refractivity (Wildman–Crippen MR) is 84.5 cm³/mol.